The van der Waals surface area contributed by atoms with Gasteiger partial charge in [-0.25, -0.2) is 9.37 Å². The van der Waals surface area contributed by atoms with Crippen LogP contribution in [0.2, 0.25) is 0 Å². The summed E-state index contributed by atoms with van der Waals surface area (Å²) in [5, 5.41) is 2.68. The molecule has 24 heavy (non-hydrogen) atoms. The number of amides is 1. The minimum Gasteiger partial charge on any atom is -0.473 e. The number of nitrogens with one attached hydrogen (secondary N) is 1. The number of hydrogen-bond acceptors (Lipinski definition) is 3. The number of halogens is 1. The van der Waals surface area contributed by atoms with E-state index in [1.54, 1.807) is 12.1 Å². The summed E-state index contributed by atoms with van der Waals surface area (Å²) in [4.78, 5) is 16.2. The monoisotopic (exact) mass is 322 g/mol. The van der Waals surface area contributed by atoms with Gasteiger partial charge in [0.15, 0.2) is 0 Å². The standard InChI is InChI=1S/C19H15FN2O2/c20-16-7-9-17(10-8-16)22-19(23)15-6-11-18(21-12-15)24-13-14-4-2-1-3-5-14/h1-12H,13H2,(H,22,23). The Kier molecular flexibility index (Phi) is 4.81. The lowest BCUT2D eigenvalue weighted by molar-refractivity contribution is 0.102. The number of anilines is 1. The Morgan fingerprint density at radius 1 is 1.00 bits per heavy atom. The van der Waals surface area contributed by atoms with Crippen LogP contribution in [0, 0.1) is 5.82 Å². The van der Waals surface area contributed by atoms with Gasteiger partial charge >= 0.3 is 0 Å². The van der Waals surface area contributed by atoms with Crippen LogP contribution in [0.1, 0.15) is 15.9 Å². The van der Waals surface area contributed by atoms with Crippen LogP contribution in [0.5, 0.6) is 5.88 Å². The van der Waals surface area contributed by atoms with E-state index in [1.807, 2.05) is 30.3 Å². The number of benzene rings is 2. The van der Waals surface area contributed by atoms with Crippen LogP contribution in [0.15, 0.2) is 72.9 Å². The molecule has 120 valence electrons. The predicted molar refractivity (Wildman–Crippen MR) is 89.4 cm³/mol. The van der Waals surface area contributed by atoms with Crippen LogP contribution in [0.3, 0.4) is 0 Å². The number of ether oxygens (including phenoxy) is 1. The van der Waals surface area contributed by atoms with Gasteiger partial charge < -0.3 is 10.1 Å². The van der Waals surface area contributed by atoms with Crippen LogP contribution in [-0.4, -0.2) is 10.9 Å². The van der Waals surface area contributed by atoms with Crippen molar-refractivity contribution in [1.82, 2.24) is 4.98 Å². The molecule has 0 atom stereocenters. The van der Waals surface area contributed by atoms with Crippen molar-refractivity contribution in [3.05, 3.63) is 89.9 Å². The topological polar surface area (TPSA) is 51.2 Å². The van der Waals surface area contributed by atoms with E-state index in [0.717, 1.165) is 5.56 Å². The summed E-state index contributed by atoms with van der Waals surface area (Å²) in [5.41, 5.74) is 1.95. The van der Waals surface area contributed by atoms with E-state index in [1.165, 1.54) is 30.5 Å². The lowest BCUT2D eigenvalue weighted by Gasteiger charge is -2.07. The Morgan fingerprint density at radius 2 is 1.75 bits per heavy atom. The predicted octanol–water partition coefficient (Wildman–Crippen LogP) is 4.05. The minimum absolute atomic E-state index is 0.316. The first kappa shape index (κ1) is 15.7. The highest BCUT2D eigenvalue weighted by Gasteiger charge is 2.07. The molecule has 0 radical (unpaired) electrons. The molecule has 0 aliphatic heterocycles. The molecular weight excluding hydrogens is 307 g/mol. The van der Waals surface area contributed by atoms with E-state index >= 15 is 0 Å². The van der Waals surface area contributed by atoms with Crippen LogP contribution in [0.4, 0.5) is 10.1 Å². The van der Waals surface area contributed by atoms with Gasteiger partial charge in [0.1, 0.15) is 12.4 Å². The van der Waals surface area contributed by atoms with Crippen LogP contribution in [-0.2, 0) is 6.61 Å². The molecule has 0 spiro atoms. The van der Waals surface area contributed by atoms with E-state index in [-0.39, 0.29) is 11.7 Å². The fourth-order valence-corrected chi connectivity index (χ4v) is 2.07. The molecule has 3 aromatic rings. The van der Waals surface area contributed by atoms with Gasteiger partial charge in [-0.15, -0.1) is 0 Å². The zero-order valence-electron chi connectivity index (χ0n) is 12.8. The maximum atomic E-state index is 12.9. The highest BCUT2D eigenvalue weighted by atomic mass is 19.1. The van der Waals surface area contributed by atoms with Crippen LogP contribution >= 0.6 is 0 Å². The Bertz CT molecular complexity index is 803. The molecule has 1 N–H and O–H groups in total. The third-order valence-electron chi connectivity index (χ3n) is 3.33. The lowest BCUT2D eigenvalue weighted by Crippen LogP contribution is -2.12. The Labute approximate surface area is 138 Å². The maximum absolute atomic E-state index is 12.9. The van der Waals surface area contributed by atoms with Crippen molar-refractivity contribution in [2.45, 2.75) is 6.61 Å². The Balaban J connectivity index is 1.59. The summed E-state index contributed by atoms with van der Waals surface area (Å²) in [6, 6.07) is 18.6. The number of nitrogens with zero attached hydrogens (tertiary/aromatic N) is 1. The molecule has 0 aliphatic rings. The van der Waals surface area contributed by atoms with Gasteiger partial charge in [0.2, 0.25) is 5.88 Å². The van der Waals surface area contributed by atoms with E-state index in [9.17, 15) is 9.18 Å². The highest BCUT2D eigenvalue weighted by Crippen LogP contribution is 2.13. The molecule has 1 aromatic heterocycles. The molecule has 0 bridgehead atoms. The van der Waals surface area contributed by atoms with E-state index in [0.29, 0.717) is 23.7 Å². The SMILES string of the molecule is O=C(Nc1ccc(F)cc1)c1ccc(OCc2ccccc2)nc1. The number of aromatic nitrogens is 1. The van der Waals surface area contributed by atoms with Gasteiger partial charge in [-0.3, -0.25) is 4.79 Å². The Hall–Kier alpha value is -3.21. The lowest BCUT2D eigenvalue weighted by atomic mass is 10.2. The quantitative estimate of drug-likeness (QED) is 0.771. The molecule has 4 nitrogen and oxygen atoms in total. The number of hydrogen-bond donors (Lipinski definition) is 1. The van der Waals surface area contributed by atoms with Crippen molar-refractivity contribution < 1.29 is 13.9 Å². The van der Waals surface area contributed by atoms with Gasteiger partial charge in [-0.1, -0.05) is 30.3 Å². The molecule has 0 saturated carbocycles. The maximum Gasteiger partial charge on any atom is 0.257 e. The van der Waals surface area contributed by atoms with E-state index in [2.05, 4.69) is 10.3 Å². The molecule has 3 rings (SSSR count). The first-order valence-electron chi connectivity index (χ1n) is 7.40. The summed E-state index contributed by atoms with van der Waals surface area (Å²) in [5.74, 6) is -0.226. The van der Waals surface area contributed by atoms with Gasteiger partial charge in [0.25, 0.3) is 5.91 Å². The first-order chi connectivity index (χ1) is 11.7. The summed E-state index contributed by atoms with van der Waals surface area (Å²) >= 11 is 0. The van der Waals surface area contributed by atoms with E-state index in [4.69, 9.17) is 4.74 Å². The molecule has 1 amide bonds. The van der Waals surface area contributed by atoms with Gasteiger partial charge in [-0.05, 0) is 35.9 Å². The average molecular weight is 322 g/mol. The molecule has 1 heterocycles. The number of carbonyl (C=O) groups is 1. The number of pyridine rings is 1. The fraction of sp³-hybridized carbons (Fsp3) is 0.0526. The largest absolute Gasteiger partial charge is 0.473 e. The molecule has 5 heteroatoms. The first-order valence-corrected chi connectivity index (χ1v) is 7.40. The van der Waals surface area contributed by atoms with Crippen LogP contribution < -0.4 is 10.1 Å². The fourth-order valence-electron chi connectivity index (χ4n) is 2.07. The molecule has 0 saturated heterocycles. The minimum atomic E-state index is -0.352. The number of rotatable bonds is 5. The Morgan fingerprint density at radius 3 is 2.42 bits per heavy atom. The molecule has 0 unspecified atom stereocenters. The van der Waals surface area contributed by atoms with Crippen molar-refractivity contribution in [2.24, 2.45) is 0 Å². The van der Waals surface area contributed by atoms with Crippen molar-refractivity contribution in [3.8, 4) is 5.88 Å². The number of carbonyl (C=O) groups excluding carboxylic acids is 1. The zero-order valence-corrected chi connectivity index (χ0v) is 12.8. The second kappa shape index (κ2) is 7.37. The van der Waals surface area contributed by atoms with Crippen molar-refractivity contribution in [3.63, 3.8) is 0 Å². The second-order valence-corrected chi connectivity index (χ2v) is 5.12. The summed E-state index contributed by atoms with van der Waals surface area (Å²) < 4.78 is 18.4. The summed E-state index contributed by atoms with van der Waals surface area (Å²) in [7, 11) is 0. The summed E-state index contributed by atoms with van der Waals surface area (Å²) in [6.45, 7) is 0.412. The third-order valence-corrected chi connectivity index (χ3v) is 3.33. The highest BCUT2D eigenvalue weighted by molar-refractivity contribution is 6.04. The van der Waals surface area contributed by atoms with Gasteiger partial charge in [0, 0.05) is 18.0 Å². The molecule has 0 aliphatic carbocycles. The normalized spacial score (nSPS) is 10.2. The molecule has 2 aromatic carbocycles. The van der Waals surface area contributed by atoms with Crippen molar-refractivity contribution >= 4 is 11.6 Å². The zero-order chi connectivity index (χ0) is 16.8. The van der Waals surface area contributed by atoms with E-state index < -0.39 is 0 Å². The van der Waals surface area contributed by atoms with Crippen LogP contribution in [0.25, 0.3) is 0 Å². The second-order valence-electron chi connectivity index (χ2n) is 5.12. The van der Waals surface area contributed by atoms with Gasteiger partial charge in [-0.2, -0.15) is 0 Å². The third kappa shape index (κ3) is 4.16. The van der Waals surface area contributed by atoms with Crippen molar-refractivity contribution in [2.75, 3.05) is 5.32 Å². The summed E-state index contributed by atoms with van der Waals surface area (Å²) in [6.07, 6.45) is 1.44. The molecular formula is C19H15FN2O2. The molecule has 0 fully saturated rings. The van der Waals surface area contributed by atoms with Crippen molar-refractivity contribution in [1.29, 1.82) is 0 Å². The van der Waals surface area contributed by atoms with Gasteiger partial charge in [0.05, 0.1) is 5.56 Å². The smallest absolute Gasteiger partial charge is 0.257 e. The average Bonchev–Trinajstić information content (AvgIpc) is 2.63.